The number of nitrogens with one attached hydrogen (secondary N) is 3. The van der Waals surface area contributed by atoms with E-state index >= 15 is 0 Å². The fourth-order valence-corrected chi connectivity index (χ4v) is 4.87. The zero-order valence-electron chi connectivity index (χ0n) is 16.0. The highest BCUT2D eigenvalue weighted by Crippen LogP contribution is 2.37. The second kappa shape index (κ2) is 8.03. The van der Waals surface area contributed by atoms with Crippen molar-refractivity contribution in [2.75, 3.05) is 5.32 Å². The number of hydrogen-bond acceptors (Lipinski definition) is 5. The SMILES string of the molecule is CC(C)NC(=O)OC1CCC(c2cc(Nc3cc4c(cc3F)CSC4)n[nH]2)C1. The van der Waals surface area contributed by atoms with Crippen LogP contribution in [0.3, 0.4) is 0 Å². The molecule has 6 nitrogen and oxygen atoms in total. The first-order chi connectivity index (χ1) is 13.5. The first-order valence-electron chi connectivity index (χ1n) is 9.66. The normalized spacial score (nSPS) is 21.0. The van der Waals surface area contributed by atoms with Gasteiger partial charge in [-0.25, -0.2) is 9.18 Å². The van der Waals surface area contributed by atoms with E-state index in [4.69, 9.17) is 4.74 Å². The summed E-state index contributed by atoms with van der Waals surface area (Å²) in [6.07, 6.45) is 2.06. The van der Waals surface area contributed by atoms with Gasteiger partial charge in [-0.3, -0.25) is 5.10 Å². The van der Waals surface area contributed by atoms with E-state index in [-0.39, 0.29) is 30.0 Å². The number of thioether (sulfide) groups is 1. The number of aromatic amines is 1. The summed E-state index contributed by atoms with van der Waals surface area (Å²) in [7, 11) is 0. The van der Waals surface area contributed by atoms with Gasteiger partial charge in [0.2, 0.25) is 0 Å². The number of amides is 1. The summed E-state index contributed by atoms with van der Waals surface area (Å²) in [5.41, 5.74) is 3.70. The van der Waals surface area contributed by atoms with Crippen LogP contribution in [0.25, 0.3) is 0 Å². The number of fused-ring (bicyclic) bond motifs is 1. The van der Waals surface area contributed by atoms with E-state index < -0.39 is 0 Å². The first kappa shape index (κ1) is 19.1. The number of nitrogens with zero attached hydrogens (tertiary/aromatic N) is 1. The Kier molecular flexibility index (Phi) is 5.48. The highest BCUT2D eigenvalue weighted by molar-refractivity contribution is 7.98. The van der Waals surface area contributed by atoms with Crippen molar-refractivity contribution in [2.24, 2.45) is 0 Å². The Morgan fingerprint density at radius 1 is 1.29 bits per heavy atom. The molecular weight excluding hydrogens is 379 g/mol. The van der Waals surface area contributed by atoms with Crippen molar-refractivity contribution in [2.45, 2.75) is 62.7 Å². The van der Waals surface area contributed by atoms with E-state index in [0.717, 1.165) is 42.0 Å². The van der Waals surface area contributed by atoms with Crippen LogP contribution >= 0.6 is 11.8 Å². The molecule has 2 unspecified atom stereocenters. The number of anilines is 2. The van der Waals surface area contributed by atoms with Gasteiger partial charge in [0.15, 0.2) is 5.82 Å². The molecule has 1 amide bonds. The number of carbonyl (C=O) groups excluding carboxylic acids is 1. The van der Waals surface area contributed by atoms with Crippen molar-refractivity contribution in [1.29, 1.82) is 0 Å². The Hall–Kier alpha value is -2.22. The molecule has 2 aliphatic rings. The zero-order chi connectivity index (χ0) is 19.7. The summed E-state index contributed by atoms with van der Waals surface area (Å²) in [5, 5.41) is 13.2. The molecule has 28 heavy (non-hydrogen) atoms. The second-order valence-corrected chi connectivity index (χ2v) is 8.75. The number of hydrogen-bond donors (Lipinski definition) is 3. The number of H-pyrrole nitrogens is 1. The number of carbonyl (C=O) groups is 1. The summed E-state index contributed by atoms with van der Waals surface area (Å²) in [4.78, 5) is 11.8. The molecule has 2 heterocycles. The lowest BCUT2D eigenvalue weighted by Gasteiger charge is -2.14. The summed E-state index contributed by atoms with van der Waals surface area (Å²) >= 11 is 1.80. The number of halogens is 1. The Labute approximate surface area is 168 Å². The summed E-state index contributed by atoms with van der Waals surface area (Å²) in [6, 6.07) is 5.48. The Morgan fingerprint density at radius 2 is 2.07 bits per heavy atom. The van der Waals surface area contributed by atoms with Crippen molar-refractivity contribution >= 4 is 29.4 Å². The third kappa shape index (κ3) is 4.27. The van der Waals surface area contributed by atoms with Gasteiger partial charge in [0, 0.05) is 35.2 Å². The van der Waals surface area contributed by atoms with Gasteiger partial charge in [-0.05, 0) is 56.4 Å². The van der Waals surface area contributed by atoms with E-state index in [1.807, 2.05) is 26.0 Å². The van der Waals surface area contributed by atoms with Gasteiger partial charge in [-0.1, -0.05) is 0 Å². The van der Waals surface area contributed by atoms with E-state index in [1.54, 1.807) is 17.8 Å². The third-order valence-corrected chi connectivity index (χ3v) is 6.20. The van der Waals surface area contributed by atoms with Gasteiger partial charge >= 0.3 is 6.09 Å². The average Bonchev–Trinajstić information content (AvgIpc) is 3.35. The smallest absolute Gasteiger partial charge is 0.407 e. The van der Waals surface area contributed by atoms with Crippen LogP contribution in [0.4, 0.5) is 20.7 Å². The lowest BCUT2D eigenvalue weighted by Crippen LogP contribution is -2.33. The van der Waals surface area contributed by atoms with Crippen LogP contribution in [0.15, 0.2) is 18.2 Å². The van der Waals surface area contributed by atoms with Crippen molar-refractivity contribution < 1.29 is 13.9 Å². The molecule has 0 saturated heterocycles. The second-order valence-electron chi connectivity index (χ2n) is 7.76. The number of rotatable bonds is 5. The van der Waals surface area contributed by atoms with Gasteiger partial charge in [0.25, 0.3) is 0 Å². The molecule has 150 valence electrons. The zero-order valence-corrected chi connectivity index (χ0v) is 16.9. The number of ether oxygens (including phenoxy) is 1. The van der Waals surface area contributed by atoms with Crippen LogP contribution in [0.5, 0.6) is 0 Å². The van der Waals surface area contributed by atoms with E-state index in [2.05, 4.69) is 20.8 Å². The molecule has 1 aliphatic carbocycles. The summed E-state index contributed by atoms with van der Waals surface area (Å²) in [5.74, 6) is 2.39. The van der Waals surface area contributed by atoms with E-state index in [0.29, 0.717) is 11.5 Å². The molecule has 2 atom stereocenters. The maximum atomic E-state index is 14.3. The lowest BCUT2D eigenvalue weighted by atomic mass is 10.0. The number of aromatic nitrogens is 2. The van der Waals surface area contributed by atoms with Crippen LogP contribution in [-0.4, -0.2) is 28.4 Å². The first-order valence-corrected chi connectivity index (χ1v) is 10.8. The van der Waals surface area contributed by atoms with Gasteiger partial charge in [-0.15, -0.1) is 0 Å². The van der Waals surface area contributed by atoms with Crippen LogP contribution in [-0.2, 0) is 16.2 Å². The molecule has 1 aromatic heterocycles. The molecule has 4 rings (SSSR count). The molecule has 0 radical (unpaired) electrons. The van der Waals surface area contributed by atoms with Gasteiger partial charge in [-0.2, -0.15) is 16.9 Å². The van der Waals surface area contributed by atoms with Crippen molar-refractivity contribution in [3.05, 3.63) is 40.8 Å². The molecule has 1 saturated carbocycles. The molecule has 0 bridgehead atoms. The molecule has 8 heteroatoms. The fourth-order valence-electron chi connectivity index (χ4n) is 3.79. The van der Waals surface area contributed by atoms with Gasteiger partial charge in [0.05, 0.1) is 5.69 Å². The van der Waals surface area contributed by atoms with E-state index in [1.165, 1.54) is 5.56 Å². The van der Waals surface area contributed by atoms with Crippen molar-refractivity contribution in [3.8, 4) is 0 Å². The quantitative estimate of drug-likeness (QED) is 0.666. The Morgan fingerprint density at radius 3 is 2.86 bits per heavy atom. The van der Waals surface area contributed by atoms with Gasteiger partial charge < -0.3 is 15.4 Å². The molecule has 1 aliphatic heterocycles. The van der Waals surface area contributed by atoms with E-state index in [9.17, 15) is 9.18 Å². The maximum absolute atomic E-state index is 14.3. The highest BCUT2D eigenvalue weighted by Gasteiger charge is 2.30. The molecular formula is C20H25FN4O2S. The number of benzene rings is 1. The number of alkyl carbamates (subject to hydrolysis) is 1. The van der Waals surface area contributed by atoms with Crippen LogP contribution < -0.4 is 10.6 Å². The largest absolute Gasteiger partial charge is 0.446 e. The van der Waals surface area contributed by atoms with Crippen LogP contribution in [0.1, 0.15) is 55.8 Å². The Bertz CT molecular complexity index is 870. The van der Waals surface area contributed by atoms with Crippen molar-refractivity contribution in [3.63, 3.8) is 0 Å². The monoisotopic (exact) mass is 404 g/mol. The molecule has 1 fully saturated rings. The molecule has 3 N–H and O–H groups in total. The third-order valence-electron chi connectivity index (χ3n) is 5.17. The van der Waals surface area contributed by atoms with Gasteiger partial charge in [0.1, 0.15) is 11.9 Å². The molecule has 2 aromatic rings. The minimum atomic E-state index is -0.363. The van der Waals surface area contributed by atoms with Crippen LogP contribution in [0.2, 0.25) is 0 Å². The Balaban J connectivity index is 1.37. The predicted molar refractivity (Wildman–Crippen MR) is 108 cm³/mol. The summed E-state index contributed by atoms with van der Waals surface area (Å²) < 4.78 is 19.8. The topological polar surface area (TPSA) is 79.0 Å². The standard InChI is InChI=1S/C20H25FN4O2S/c1-11(2)22-20(26)27-15-4-3-12(5-15)17-8-19(25-24-17)23-18-7-14-10-28-9-13(14)6-16(18)21/h6-8,11-12,15H,3-5,9-10H2,1-2H3,(H,22,26)(H2,23,24,25). The van der Waals surface area contributed by atoms with Crippen molar-refractivity contribution in [1.82, 2.24) is 15.5 Å². The molecule has 1 aromatic carbocycles. The molecule has 0 spiro atoms. The average molecular weight is 405 g/mol. The maximum Gasteiger partial charge on any atom is 0.407 e. The fraction of sp³-hybridized carbons (Fsp3) is 0.500. The lowest BCUT2D eigenvalue weighted by molar-refractivity contribution is 0.0981. The minimum absolute atomic E-state index is 0.0594. The predicted octanol–water partition coefficient (Wildman–Crippen LogP) is 4.81. The minimum Gasteiger partial charge on any atom is -0.446 e. The summed E-state index contributed by atoms with van der Waals surface area (Å²) in [6.45, 7) is 3.81. The highest BCUT2D eigenvalue weighted by atomic mass is 32.2. The van der Waals surface area contributed by atoms with Crippen LogP contribution in [0, 0.1) is 5.82 Å².